The summed E-state index contributed by atoms with van der Waals surface area (Å²) in [5.41, 5.74) is 0.810. The molecule has 3 aromatic rings. The van der Waals surface area contributed by atoms with Crippen LogP contribution in [0.2, 0.25) is 0 Å². The second kappa shape index (κ2) is 9.02. The maximum Gasteiger partial charge on any atom is 0.407 e. The van der Waals surface area contributed by atoms with Gasteiger partial charge in [-0.2, -0.15) is 10.2 Å². The summed E-state index contributed by atoms with van der Waals surface area (Å²) >= 11 is 0. The topological polar surface area (TPSA) is 118 Å². The van der Waals surface area contributed by atoms with Crippen molar-refractivity contribution in [3.05, 3.63) is 35.4 Å². The van der Waals surface area contributed by atoms with Crippen LogP contribution in [0.15, 0.2) is 18.3 Å². The van der Waals surface area contributed by atoms with Crippen LogP contribution in [0.4, 0.5) is 29.6 Å². The highest BCUT2D eigenvalue weighted by molar-refractivity contribution is 5.72. The van der Waals surface area contributed by atoms with Gasteiger partial charge in [0.15, 0.2) is 11.6 Å². The number of hydrogen-bond acceptors (Lipinski definition) is 7. The molecule has 10 nitrogen and oxygen atoms in total. The maximum absolute atomic E-state index is 15.1. The molecule has 13 heteroatoms. The lowest BCUT2D eigenvalue weighted by molar-refractivity contribution is 0.0546. The van der Waals surface area contributed by atoms with Crippen molar-refractivity contribution in [2.75, 3.05) is 12.4 Å². The van der Waals surface area contributed by atoms with Crippen LogP contribution in [0, 0.1) is 0 Å². The number of hydrogen-bond donors (Lipinski definition) is 3. The number of nitrogens with one attached hydrogen (secondary N) is 3. The van der Waals surface area contributed by atoms with E-state index in [4.69, 9.17) is 9.47 Å². The van der Waals surface area contributed by atoms with Crippen molar-refractivity contribution in [1.29, 1.82) is 0 Å². The summed E-state index contributed by atoms with van der Waals surface area (Å²) in [7, 11) is 1.51. The molecule has 0 spiro atoms. The quantitative estimate of drug-likeness (QED) is 0.432. The molecule has 188 valence electrons. The number of alkyl halides is 3. The second-order valence-electron chi connectivity index (χ2n) is 9.30. The fourth-order valence-electron chi connectivity index (χ4n) is 4.29. The Morgan fingerprint density at radius 3 is 2.86 bits per heavy atom. The summed E-state index contributed by atoms with van der Waals surface area (Å²) < 4.78 is 53.6. The Kier molecular flexibility index (Phi) is 6.03. The highest BCUT2D eigenvalue weighted by Crippen LogP contribution is 2.39. The number of anilines is 2. The van der Waals surface area contributed by atoms with Crippen molar-refractivity contribution in [3.8, 4) is 0 Å². The lowest BCUT2D eigenvalue weighted by Gasteiger charge is -2.19. The van der Waals surface area contributed by atoms with Gasteiger partial charge in [0.05, 0.1) is 18.5 Å². The number of rotatable bonds is 8. The minimum atomic E-state index is -2.80. The standard InChI is InChI=1S/C22H26F3N7O3/c1-22(5-6-22)28-21(33)35-16-4-3-12(18(16)23)13-8-17(30-29-13)27-20-15-7-11(10-34-2)31-32(15)9-14(26-20)19(24)25/h7-9,12,16,18-19H,3-6,10H2,1-2H3,(H,28,33)(H2,26,27,29,30)/t12-,16-,18-/m1/s1. The molecule has 0 saturated heterocycles. The van der Waals surface area contributed by atoms with Gasteiger partial charge in [-0.1, -0.05) is 0 Å². The van der Waals surface area contributed by atoms with Crippen molar-refractivity contribution in [1.82, 2.24) is 30.1 Å². The minimum Gasteiger partial charge on any atom is -0.443 e. The van der Waals surface area contributed by atoms with E-state index in [9.17, 15) is 13.6 Å². The Morgan fingerprint density at radius 2 is 2.14 bits per heavy atom. The smallest absolute Gasteiger partial charge is 0.407 e. The maximum atomic E-state index is 15.1. The van der Waals surface area contributed by atoms with E-state index in [2.05, 4.69) is 30.9 Å². The number of alkyl carbamates (subject to hydrolysis) is 1. The zero-order chi connectivity index (χ0) is 24.7. The Labute approximate surface area is 198 Å². The summed E-state index contributed by atoms with van der Waals surface area (Å²) in [6.07, 6.45) is -1.89. The Hall–Kier alpha value is -3.35. The lowest BCUT2D eigenvalue weighted by Crippen LogP contribution is -2.38. The SMILES string of the molecule is COCc1cc2c(Nc3cc([C@H]4CC[C@@H](OC(=O)NC5(C)CC5)[C@@H]4F)[nH]n3)nc(C(F)F)cn2n1. The molecule has 3 atom stereocenters. The van der Waals surface area contributed by atoms with Gasteiger partial charge in [0.25, 0.3) is 6.43 Å². The molecule has 2 saturated carbocycles. The number of methoxy groups -OCH3 is 1. The number of fused-ring (bicyclic) bond motifs is 1. The fourth-order valence-corrected chi connectivity index (χ4v) is 4.29. The predicted octanol–water partition coefficient (Wildman–Crippen LogP) is 4.14. The highest BCUT2D eigenvalue weighted by atomic mass is 19.3. The van der Waals surface area contributed by atoms with Crippen LogP contribution in [0.1, 0.15) is 62.0 Å². The molecule has 3 N–H and O–H groups in total. The molecule has 0 bridgehead atoms. The minimum absolute atomic E-state index is 0.130. The van der Waals surface area contributed by atoms with Gasteiger partial charge in [0.1, 0.15) is 23.5 Å². The number of nitrogens with zero attached hydrogens (tertiary/aromatic N) is 4. The van der Waals surface area contributed by atoms with Gasteiger partial charge in [0, 0.05) is 30.3 Å². The van der Waals surface area contributed by atoms with E-state index in [0.717, 1.165) is 19.0 Å². The van der Waals surface area contributed by atoms with Crippen LogP contribution in [0.3, 0.4) is 0 Å². The molecule has 1 amide bonds. The molecular weight excluding hydrogens is 467 g/mol. The number of carbonyl (C=O) groups excluding carboxylic acids is 1. The molecule has 35 heavy (non-hydrogen) atoms. The third-order valence-electron chi connectivity index (χ3n) is 6.45. The van der Waals surface area contributed by atoms with Crippen LogP contribution in [0.25, 0.3) is 5.52 Å². The van der Waals surface area contributed by atoms with Crippen LogP contribution >= 0.6 is 0 Å². The second-order valence-corrected chi connectivity index (χ2v) is 9.30. The van der Waals surface area contributed by atoms with Crippen LogP contribution in [-0.4, -0.2) is 55.8 Å². The van der Waals surface area contributed by atoms with Crippen molar-refractivity contribution >= 4 is 23.2 Å². The van der Waals surface area contributed by atoms with E-state index in [-0.39, 0.29) is 23.8 Å². The molecule has 0 unspecified atom stereocenters. The third-order valence-corrected chi connectivity index (χ3v) is 6.45. The number of aromatic amines is 1. The van der Waals surface area contributed by atoms with E-state index in [1.165, 1.54) is 11.6 Å². The van der Waals surface area contributed by atoms with Crippen LogP contribution < -0.4 is 10.6 Å². The van der Waals surface area contributed by atoms with E-state index in [1.54, 1.807) is 12.1 Å². The first kappa shape index (κ1) is 23.4. The molecular formula is C22H26F3N7O3. The van der Waals surface area contributed by atoms with Crippen molar-refractivity contribution < 1.29 is 27.4 Å². The normalized spacial score (nSPS) is 23.1. The summed E-state index contributed by atoms with van der Waals surface area (Å²) in [5.74, 6) is -0.132. The Balaban J connectivity index is 1.30. The third kappa shape index (κ3) is 4.90. The molecule has 0 radical (unpaired) electrons. The summed E-state index contributed by atoms with van der Waals surface area (Å²) in [6.45, 7) is 2.12. The predicted molar refractivity (Wildman–Crippen MR) is 118 cm³/mol. The summed E-state index contributed by atoms with van der Waals surface area (Å²) in [5, 5.41) is 16.9. The molecule has 2 fully saturated rings. The largest absolute Gasteiger partial charge is 0.443 e. The zero-order valence-electron chi connectivity index (χ0n) is 19.2. The highest BCUT2D eigenvalue weighted by Gasteiger charge is 2.43. The van der Waals surface area contributed by atoms with Crippen LogP contribution in [0.5, 0.6) is 0 Å². The average molecular weight is 493 g/mol. The van der Waals surface area contributed by atoms with E-state index >= 15 is 4.39 Å². The number of amides is 1. The van der Waals surface area contributed by atoms with Crippen molar-refractivity contribution in [2.45, 2.75) is 69.4 Å². The molecule has 3 aromatic heterocycles. The lowest BCUT2D eigenvalue weighted by atomic mass is 10.0. The van der Waals surface area contributed by atoms with Crippen molar-refractivity contribution in [3.63, 3.8) is 0 Å². The number of carbonyl (C=O) groups is 1. The first-order chi connectivity index (χ1) is 16.7. The van der Waals surface area contributed by atoms with Gasteiger partial charge in [-0.25, -0.2) is 27.5 Å². The summed E-state index contributed by atoms with van der Waals surface area (Å²) in [6, 6.07) is 3.27. The van der Waals surface area contributed by atoms with Gasteiger partial charge in [-0.3, -0.25) is 5.10 Å². The van der Waals surface area contributed by atoms with E-state index < -0.39 is 36.4 Å². The molecule has 0 aliphatic heterocycles. The molecule has 5 rings (SSSR count). The van der Waals surface area contributed by atoms with Crippen molar-refractivity contribution in [2.24, 2.45) is 0 Å². The molecule has 2 aliphatic rings. The van der Waals surface area contributed by atoms with Gasteiger partial charge < -0.3 is 20.1 Å². The first-order valence-electron chi connectivity index (χ1n) is 11.4. The van der Waals surface area contributed by atoms with Gasteiger partial charge in [-0.05, 0) is 38.7 Å². The van der Waals surface area contributed by atoms with Crippen LogP contribution in [-0.2, 0) is 16.1 Å². The Bertz CT molecular complexity index is 1230. The van der Waals surface area contributed by atoms with Gasteiger partial charge in [-0.15, -0.1) is 0 Å². The molecule has 0 aromatic carbocycles. The van der Waals surface area contributed by atoms with E-state index in [0.29, 0.717) is 29.7 Å². The number of aromatic nitrogens is 5. The number of halogens is 3. The van der Waals surface area contributed by atoms with Gasteiger partial charge in [0.2, 0.25) is 0 Å². The van der Waals surface area contributed by atoms with Gasteiger partial charge >= 0.3 is 6.09 Å². The van der Waals surface area contributed by atoms with E-state index in [1.807, 2.05) is 6.92 Å². The molecule has 2 aliphatic carbocycles. The monoisotopic (exact) mass is 493 g/mol. The molecule has 3 heterocycles. The number of ether oxygens (including phenoxy) is 2. The summed E-state index contributed by atoms with van der Waals surface area (Å²) in [4.78, 5) is 16.1. The first-order valence-corrected chi connectivity index (χ1v) is 11.4. The fraction of sp³-hybridized carbons (Fsp3) is 0.545. The Morgan fingerprint density at radius 1 is 1.34 bits per heavy atom. The zero-order valence-corrected chi connectivity index (χ0v) is 19.2. The average Bonchev–Trinajstić information content (AvgIpc) is 3.14. The number of H-pyrrole nitrogens is 1.